The summed E-state index contributed by atoms with van der Waals surface area (Å²) in [4.78, 5) is 26.5. The first-order valence-corrected chi connectivity index (χ1v) is 8.64. The second-order valence-electron chi connectivity index (χ2n) is 6.95. The van der Waals surface area contributed by atoms with Gasteiger partial charge in [0.15, 0.2) is 0 Å². The van der Waals surface area contributed by atoms with Crippen molar-refractivity contribution >= 4 is 17.5 Å². The van der Waals surface area contributed by atoms with Crippen LogP contribution in [-0.2, 0) is 16.1 Å². The molecule has 0 aromatic heterocycles. The highest BCUT2D eigenvalue weighted by Gasteiger charge is 2.34. The third kappa shape index (κ3) is 4.08. The van der Waals surface area contributed by atoms with E-state index >= 15 is 0 Å². The van der Waals surface area contributed by atoms with E-state index in [0.717, 1.165) is 16.8 Å². The van der Waals surface area contributed by atoms with Crippen LogP contribution in [0.4, 0.5) is 5.69 Å². The first kappa shape index (κ1) is 17.2. The third-order valence-corrected chi connectivity index (χ3v) is 4.85. The Hall–Kier alpha value is -2.62. The molecule has 4 heteroatoms. The van der Waals surface area contributed by atoms with Crippen LogP contribution >= 0.6 is 0 Å². The maximum absolute atomic E-state index is 12.5. The normalized spacial score (nSPS) is 17.0. The molecule has 1 aliphatic heterocycles. The average Bonchev–Trinajstić information content (AvgIpc) is 2.94. The van der Waals surface area contributed by atoms with Gasteiger partial charge in [-0.1, -0.05) is 35.9 Å². The van der Waals surface area contributed by atoms with Gasteiger partial charge in [0, 0.05) is 25.2 Å². The number of anilines is 1. The van der Waals surface area contributed by atoms with E-state index in [2.05, 4.69) is 5.32 Å². The molecule has 0 unspecified atom stereocenters. The molecule has 1 heterocycles. The Bertz CT molecular complexity index is 796. The number of likely N-dealkylation sites (tertiary alicyclic amines) is 1. The van der Waals surface area contributed by atoms with Crippen molar-refractivity contribution in [3.8, 4) is 0 Å². The van der Waals surface area contributed by atoms with E-state index in [1.807, 2.05) is 63.2 Å². The molecule has 0 spiro atoms. The third-order valence-electron chi connectivity index (χ3n) is 4.85. The van der Waals surface area contributed by atoms with Crippen molar-refractivity contribution in [2.45, 2.75) is 33.7 Å². The zero-order valence-electron chi connectivity index (χ0n) is 15.0. The van der Waals surface area contributed by atoms with Crippen LogP contribution in [-0.4, -0.2) is 23.3 Å². The fourth-order valence-electron chi connectivity index (χ4n) is 3.08. The molecule has 0 bridgehead atoms. The topological polar surface area (TPSA) is 49.4 Å². The Labute approximate surface area is 148 Å². The van der Waals surface area contributed by atoms with Crippen LogP contribution in [0, 0.1) is 26.7 Å². The molecule has 130 valence electrons. The van der Waals surface area contributed by atoms with Gasteiger partial charge < -0.3 is 10.2 Å². The highest BCUT2D eigenvalue weighted by Crippen LogP contribution is 2.23. The minimum absolute atomic E-state index is 0.0424. The number of carbonyl (C=O) groups is 2. The highest BCUT2D eigenvalue weighted by molar-refractivity contribution is 5.97. The summed E-state index contributed by atoms with van der Waals surface area (Å²) < 4.78 is 0. The Morgan fingerprint density at radius 3 is 2.48 bits per heavy atom. The van der Waals surface area contributed by atoms with Crippen LogP contribution < -0.4 is 5.32 Å². The van der Waals surface area contributed by atoms with E-state index < -0.39 is 0 Å². The summed E-state index contributed by atoms with van der Waals surface area (Å²) in [5.41, 5.74) is 5.41. The molecule has 2 aromatic carbocycles. The fourth-order valence-corrected chi connectivity index (χ4v) is 3.08. The number of carbonyl (C=O) groups excluding carboxylic acids is 2. The number of rotatable bonds is 4. The lowest BCUT2D eigenvalue weighted by Crippen LogP contribution is -2.28. The number of benzene rings is 2. The predicted molar refractivity (Wildman–Crippen MR) is 99.2 cm³/mol. The van der Waals surface area contributed by atoms with Crippen molar-refractivity contribution in [2.75, 3.05) is 11.9 Å². The summed E-state index contributed by atoms with van der Waals surface area (Å²) in [6, 6.07) is 14.0. The Kier molecular flexibility index (Phi) is 4.88. The first-order chi connectivity index (χ1) is 11.9. The van der Waals surface area contributed by atoms with E-state index in [-0.39, 0.29) is 24.2 Å². The summed E-state index contributed by atoms with van der Waals surface area (Å²) >= 11 is 0. The molecule has 3 rings (SSSR count). The van der Waals surface area contributed by atoms with E-state index in [0.29, 0.717) is 13.1 Å². The minimum atomic E-state index is -0.292. The van der Waals surface area contributed by atoms with E-state index in [9.17, 15) is 9.59 Å². The van der Waals surface area contributed by atoms with Crippen molar-refractivity contribution in [3.05, 3.63) is 64.7 Å². The highest BCUT2D eigenvalue weighted by atomic mass is 16.2. The predicted octanol–water partition coefficient (Wildman–Crippen LogP) is 3.60. The van der Waals surface area contributed by atoms with Crippen molar-refractivity contribution in [1.82, 2.24) is 4.90 Å². The lowest BCUT2D eigenvalue weighted by molar-refractivity contribution is -0.128. The molecule has 25 heavy (non-hydrogen) atoms. The van der Waals surface area contributed by atoms with Crippen molar-refractivity contribution in [1.29, 1.82) is 0 Å². The van der Waals surface area contributed by atoms with Crippen LogP contribution in [0.3, 0.4) is 0 Å². The molecule has 0 saturated carbocycles. The van der Waals surface area contributed by atoms with Gasteiger partial charge in [-0.15, -0.1) is 0 Å². The summed E-state index contributed by atoms with van der Waals surface area (Å²) in [5.74, 6) is -0.330. The van der Waals surface area contributed by atoms with Crippen LogP contribution in [0.25, 0.3) is 0 Å². The molecule has 0 aliphatic carbocycles. The van der Waals surface area contributed by atoms with Crippen LogP contribution in [0.1, 0.15) is 28.7 Å². The molecule has 1 saturated heterocycles. The quantitative estimate of drug-likeness (QED) is 0.927. The van der Waals surface area contributed by atoms with E-state index in [1.54, 1.807) is 4.90 Å². The Morgan fingerprint density at radius 2 is 1.80 bits per heavy atom. The van der Waals surface area contributed by atoms with Crippen molar-refractivity contribution in [2.24, 2.45) is 5.92 Å². The maximum atomic E-state index is 12.5. The lowest BCUT2D eigenvalue weighted by Gasteiger charge is -2.17. The Morgan fingerprint density at radius 1 is 1.08 bits per heavy atom. The Balaban J connectivity index is 1.62. The minimum Gasteiger partial charge on any atom is -0.338 e. The van der Waals surface area contributed by atoms with Gasteiger partial charge in [0.05, 0.1) is 5.92 Å². The van der Waals surface area contributed by atoms with Gasteiger partial charge in [0.2, 0.25) is 11.8 Å². The standard InChI is InChI=1S/C21H24N2O2/c1-14-4-7-17(8-5-14)12-23-13-18(11-20(23)24)21(25)22-19-9-6-15(2)16(3)10-19/h4-10,18H,11-13H2,1-3H3,(H,22,25)/t18-/m0/s1. The van der Waals surface area contributed by atoms with Crippen molar-refractivity contribution in [3.63, 3.8) is 0 Å². The van der Waals surface area contributed by atoms with Gasteiger partial charge in [0.25, 0.3) is 0 Å². The van der Waals surface area contributed by atoms with Gasteiger partial charge in [0.1, 0.15) is 0 Å². The van der Waals surface area contributed by atoms with Gasteiger partial charge >= 0.3 is 0 Å². The molecule has 1 aliphatic rings. The van der Waals surface area contributed by atoms with Gasteiger partial charge in [-0.3, -0.25) is 9.59 Å². The first-order valence-electron chi connectivity index (χ1n) is 8.64. The number of nitrogens with zero attached hydrogens (tertiary/aromatic N) is 1. The number of amides is 2. The molecule has 1 fully saturated rings. The molecular weight excluding hydrogens is 312 g/mol. The molecule has 0 radical (unpaired) electrons. The number of hydrogen-bond acceptors (Lipinski definition) is 2. The summed E-state index contributed by atoms with van der Waals surface area (Å²) in [5, 5.41) is 2.95. The van der Waals surface area contributed by atoms with E-state index in [4.69, 9.17) is 0 Å². The molecule has 2 amide bonds. The van der Waals surface area contributed by atoms with Crippen LogP contribution in [0.5, 0.6) is 0 Å². The zero-order valence-corrected chi connectivity index (χ0v) is 15.0. The zero-order chi connectivity index (χ0) is 18.0. The second-order valence-corrected chi connectivity index (χ2v) is 6.95. The summed E-state index contributed by atoms with van der Waals surface area (Å²) in [7, 11) is 0. The van der Waals surface area contributed by atoms with Gasteiger partial charge in [-0.25, -0.2) is 0 Å². The van der Waals surface area contributed by atoms with Gasteiger partial charge in [-0.05, 0) is 49.6 Å². The summed E-state index contributed by atoms with van der Waals surface area (Å²) in [6.45, 7) is 7.14. The smallest absolute Gasteiger partial charge is 0.229 e. The number of nitrogens with one attached hydrogen (secondary N) is 1. The number of aryl methyl sites for hydroxylation is 3. The maximum Gasteiger partial charge on any atom is 0.229 e. The molecule has 4 nitrogen and oxygen atoms in total. The molecule has 1 atom stereocenters. The van der Waals surface area contributed by atoms with Gasteiger partial charge in [-0.2, -0.15) is 0 Å². The molecular formula is C21H24N2O2. The fraction of sp³-hybridized carbons (Fsp3) is 0.333. The number of hydrogen-bond donors (Lipinski definition) is 1. The SMILES string of the molecule is Cc1ccc(CN2C[C@@H](C(=O)Nc3ccc(C)c(C)c3)CC2=O)cc1. The summed E-state index contributed by atoms with van der Waals surface area (Å²) in [6.07, 6.45) is 0.280. The second kappa shape index (κ2) is 7.09. The van der Waals surface area contributed by atoms with Crippen LogP contribution in [0.15, 0.2) is 42.5 Å². The molecule has 1 N–H and O–H groups in total. The van der Waals surface area contributed by atoms with Crippen LogP contribution in [0.2, 0.25) is 0 Å². The van der Waals surface area contributed by atoms with Crippen molar-refractivity contribution < 1.29 is 9.59 Å². The monoisotopic (exact) mass is 336 g/mol. The molecule has 2 aromatic rings. The largest absolute Gasteiger partial charge is 0.338 e. The average molecular weight is 336 g/mol. The van der Waals surface area contributed by atoms with E-state index in [1.165, 1.54) is 11.1 Å². The lowest BCUT2D eigenvalue weighted by atomic mass is 10.1.